The molecular weight excluding hydrogens is 152 g/mol. The second kappa shape index (κ2) is 5.51. The molecule has 1 aliphatic heterocycles. The Hall–Kier alpha value is -0.120. The van der Waals surface area contributed by atoms with E-state index in [1.165, 1.54) is 32.6 Å². The van der Waals surface area contributed by atoms with E-state index >= 15 is 0 Å². The Morgan fingerprint density at radius 1 is 1.17 bits per heavy atom. The quantitative estimate of drug-likeness (QED) is 0.608. The molecule has 0 aromatic heterocycles. The summed E-state index contributed by atoms with van der Waals surface area (Å²) in [6.45, 7) is 6.81. The number of methoxy groups -OCH3 is 1. The van der Waals surface area contributed by atoms with Gasteiger partial charge in [-0.2, -0.15) is 0 Å². The summed E-state index contributed by atoms with van der Waals surface area (Å²) in [5.41, 5.74) is 0. The van der Waals surface area contributed by atoms with Gasteiger partial charge in [-0.15, -0.1) is 0 Å². The Morgan fingerprint density at radius 2 is 2.00 bits per heavy atom. The van der Waals surface area contributed by atoms with Crippen LogP contribution in [0.2, 0.25) is 0 Å². The average Bonchev–Trinajstić information content (AvgIpc) is 2.27. The van der Waals surface area contributed by atoms with Crippen molar-refractivity contribution in [3.63, 3.8) is 0 Å². The Balaban J connectivity index is 2.17. The normalized spacial score (nSPS) is 22.5. The highest BCUT2D eigenvalue weighted by Crippen LogP contribution is 1.99. The van der Waals surface area contributed by atoms with E-state index < -0.39 is 0 Å². The molecular formula is C9H20N2O. The first-order valence-electron chi connectivity index (χ1n) is 4.73. The van der Waals surface area contributed by atoms with Crippen LogP contribution in [-0.4, -0.2) is 63.3 Å². The molecule has 1 aliphatic rings. The van der Waals surface area contributed by atoms with Crippen LogP contribution in [-0.2, 0) is 4.74 Å². The average molecular weight is 172 g/mol. The van der Waals surface area contributed by atoms with Crippen LogP contribution in [0.25, 0.3) is 0 Å². The highest BCUT2D eigenvalue weighted by molar-refractivity contribution is 4.66. The fourth-order valence-electron chi connectivity index (χ4n) is 1.54. The minimum Gasteiger partial charge on any atom is -0.383 e. The van der Waals surface area contributed by atoms with Crippen molar-refractivity contribution in [2.75, 3.05) is 53.5 Å². The van der Waals surface area contributed by atoms with Gasteiger partial charge in [0.2, 0.25) is 0 Å². The second-order valence-corrected chi connectivity index (χ2v) is 3.49. The number of rotatable bonds is 3. The van der Waals surface area contributed by atoms with Gasteiger partial charge in [0.05, 0.1) is 6.61 Å². The molecule has 72 valence electrons. The molecule has 1 rings (SSSR count). The fourth-order valence-corrected chi connectivity index (χ4v) is 1.54. The molecule has 12 heavy (non-hydrogen) atoms. The molecule has 0 bridgehead atoms. The molecule has 0 amide bonds. The highest BCUT2D eigenvalue weighted by Gasteiger charge is 2.10. The van der Waals surface area contributed by atoms with Gasteiger partial charge < -0.3 is 9.64 Å². The number of nitrogens with zero attached hydrogens (tertiary/aromatic N) is 2. The molecule has 1 fully saturated rings. The van der Waals surface area contributed by atoms with Gasteiger partial charge in [0.1, 0.15) is 0 Å². The van der Waals surface area contributed by atoms with Crippen LogP contribution in [0.3, 0.4) is 0 Å². The van der Waals surface area contributed by atoms with E-state index in [0.29, 0.717) is 0 Å². The van der Waals surface area contributed by atoms with Crippen molar-refractivity contribution in [2.24, 2.45) is 0 Å². The smallest absolute Gasteiger partial charge is 0.0589 e. The van der Waals surface area contributed by atoms with E-state index in [9.17, 15) is 0 Å². The van der Waals surface area contributed by atoms with Gasteiger partial charge in [-0.1, -0.05) is 0 Å². The summed E-state index contributed by atoms with van der Waals surface area (Å²) in [5.74, 6) is 0. The Labute approximate surface area is 75.3 Å². The van der Waals surface area contributed by atoms with Crippen LogP contribution < -0.4 is 0 Å². The molecule has 3 heteroatoms. The first kappa shape index (κ1) is 9.96. The van der Waals surface area contributed by atoms with E-state index in [2.05, 4.69) is 16.8 Å². The molecule has 1 heterocycles. The van der Waals surface area contributed by atoms with Crippen molar-refractivity contribution >= 4 is 0 Å². The predicted octanol–water partition coefficient (Wildman–Crippen LogP) is 0.270. The van der Waals surface area contributed by atoms with Crippen LogP contribution >= 0.6 is 0 Å². The zero-order valence-corrected chi connectivity index (χ0v) is 8.25. The summed E-state index contributed by atoms with van der Waals surface area (Å²) in [6.07, 6.45) is 1.29. The fraction of sp³-hybridized carbons (Fsp3) is 1.00. The van der Waals surface area contributed by atoms with E-state index in [-0.39, 0.29) is 0 Å². The minimum atomic E-state index is 0.865. The number of hydrogen-bond donors (Lipinski definition) is 0. The Bertz CT molecular complexity index is 117. The van der Waals surface area contributed by atoms with Crippen molar-refractivity contribution in [1.82, 2.24) is 9.80 Å². The van der Waals surface area contributed by atoms with Crippen molar-refractivity contribution in [3.8, 4) is 0 Å². The van der Waals surface area contributed by atoms with Crippen molar-refractivity contribution < 1.29 is 4.74 Å². The third-order valence-corrected chi connectivity index (χ3v) is 2.42. The van der Waals surface area contributed by atoms with Gasteiger partial charge >= 0.3 is 0 Å². The molecule has 1 saturated heterocycles. The summed E-state index contributed by atoms with van der Waals surface area (Å²) < 4.78 is 5.06. The standard InChI is InChI=1S/C9H20N2O/c1-10-4-3-5-11(7-6-10)8-9-12-2/h3-9H2,1-2H3. The first-order chi connectivity index (χ1) is 5.83. The molecule has 0 aromatic carbocycles. The molecule has 0 saturated carbocycles. The van der Waals surface area contributed by atoms with E-state index in [4.69, 9.17) is 4.74 Å². The van der Waals surface area contributed by atoms with E-state index in [1.54, 1.807) is 7.11 Å². The SMILES string of the molecule is COCCN1CCCN(C)CC1. The molecule has 0 atom stereocenters. The summed E-state index contributed by atoms with van der Waals surface area (Å²) in [4.78, 5) is 4.87. The third-order valence-electron chi connectivity index (χ3n) is 2.42. The second-order valence-electron chi connectivity index (χ2n) is 3.49. The summed E-state index contributed by atoms with van der Waals surface area (Å²) in [5, 5.41) is 0. The molecule has 0 aromatic rings. The molecule has 0 spiro atoms. The first-order valence-corrected chi connectivity index (χ1v) is 4.73. The van der Waals surface area contributed by atoms with Crippen LogP contribution in [0.5, 0.6) is 0 Å². The van der Waals surface area contributed by atoms with Crippen molar-refractivity contribution in [3.05, 3.63) is 0 Å². The van der Waals surface area contributed by atoms with Crippen molar-refractivity contribution in [2.45, 2.75) is 6.42 Å². The van der Waals surface area contributed by atoms with Gasteiger partial charge in [0.25, 0.3) is 0 Å². The molecule has 0 radical (unpaired) electrons. The molecule has 3 nitrogen and oxygen atoms in total. The Kier molecular flexibility index (Phi) is 4.58. The van der Waals surface area contributed by atoms with Crippen LogP contribution in [0, 0.1) is 0 Å². The third kappa shape index (κ3) is 3.52. The molecule has 0 N–H and O–H groups in total. The Morgan fingerprint density at radius 3 is 2.75 bits per heavy atom. The number of hydrogen-bond acceptors (Lipinski definition) is 3. The van der Waals surface area contributed by atoms with E-state index in [1.807, 2.05) is 0 Å². The van der Waals surface area contributed by atoms with Gasteiger partial charge in [-0.05, 0) is 26.6 Å². The minimum absolute atomic E-state index is 0.865. The van der Waals surface area contributed by atoms with Gasteiger partial charge in [0, 0.05) is 26.7 Å². The highest BCUT2D eigenvalue weighted by atomic mass is 16.5. The predicted molar refractivity (Wildman–Crippen MR) is 50.4 cm³/mol. The topological polar surface area (TPSA) is 15.7 Å². The maximum atomic E-state index is 5.06. The van der Waals surface area contributed by atoms with Gasteiger partial charge in [-0.3, -0.25) is 4.90 Å². The van der Waals surface area contributed by atoms with Gasteiger partial charge in [-0.25, -0.2) is 0 Å². The van der Waals surface area contributed by atoms with Gasteiger partial charge in [0.15, 0.2) is 0 Å². The summed E-state index contributed by atoms with van der Waals surface area (Å²) >= 11 is 0. The maximum absolute atomic E-state index is 5.06. The van der Waals surface area contributed by atoms with Crippen LogP contribution in [0.1, 0.15) is 6.42 Å². The lowest BCUT2D eigenvalue weighted by molar-refractivity contribution is 0.150. The lowest BCUT2D eigenvalue weighted by Gasteiger charge is -2.19. The lowest BCUT2D eigenvalue weighted by atomic mass is 10.4. The largest absolute Gasteiger partial charge is 0.383 e. The zero-order valence-electron chi connectivity index (χ0n) is 8.25. The summed E-state index contributed by atoms with van der Waals surface area (Å²) in [6, 6.07) is 0. The molecule has 0 aliphatic carbocycles. The van der Waals surface area contributed by atoms with Crippen LogP contribution in [0.15, 0.2) is 0 Å². The number of likely N-dealkylation sites (N-methyl/N-ethyl adjacent to an activating group) is 1. The maximum Gasteiger partial charge on any atom is 0.0589 e. The summed E-state index contributed by atoms with van der Waals surface area (Å²) in [7, 11) is 3.96. The monoisotopic (exact) mass is 172 g/mol. The zero-order chi connectivity index (χ0) is 8.81. The van der Waals surface area contributed by atoms with Crippen molar-refractivity contribution in [1.29, 1.82) is 0 Å². The van der Waals surface area contributed by atoms with Crippen LogP contribution in [0.4, 0.5) is 0 Å². The number of ether oxygens (including phenoxy) is 1. The lowest BCUT2D eigenvalue weighted by Crippen LogP contribution is -2.31. The van der Waals surface area contributed by atoms with E-state index in [0.717, 1.165) is 13.2 Å². The molecule has 0 unspecified atom stereocenters.